The van der Waals surface area contributed by atoms with Gasteiger partial charge < -0.3 is 19.5 Å². The van der Waals surface area contributed by atoms with Gasteiger partial charge in [-0.3, -0.25) is 4.99 Å². The molecule has 3 rings (SSSR count). The highest BCUT2D eigenvalue weighted by Gasteiger charge is 2.21. The number of hydrogen-bond donors (Lipinski definition) is 1. The van der Waals surface area contributed by atoms with Crippen LogP contribution in [-0.4, -0.2) is 53.4 Å². The fraction of sp³-hybridized carbons (Fsp3) is 0.533. The summed E-state index contributed by atoms with van der Waals surface area (Å²) in [5.41, 5.74) is 1.12. The van der Waals surface area contributed by atoms with Gasteiger partial charge in [-0.2, -0.15) is 4.37 Å². The second-order valence-corrected chi connectivity index (χ2v) is 6.08. The van der Waals surface area contributed by atoms with E-state index in [9.17, 15) is 0 Å². The number of nitrogens with zero attached hydrogens (tertiary/aromatic N) is 5. The van der Waals surface area contributed by atoms with Gasteiger partial charge >= 0.3 is 0 Å². The Bertz CT molecular complexity index is 630. The Morgan fingerprint density at radius 2 is 2.22 bits per heavy atom. The van der Waals surface area contributed by atoms with Gasteiger partial charge in [0.2, 0.25) is 5.13 Å². The van der Waals surface area contributed by atoms with Gasteiger partial charge in [0.15, 0.2) is 5.96 Å². The van der Waals surface area contributed by atoms with E-state index in [4.69, 9.17) is 4.42 Å². The zero-order valence-electron chi connectivity index (χ0n) is 13.5. The Balaban J connectivity index is 1.52. The molecule has 1 aliphatic heterocycles. The average molecular weight is 334 g/mol. The first kappa shape index (κ1) is 15.8. The number of piperazine rings is 1. The number of guanidine groups is 1. The molecule has 0 aromatic carbocycles. The van der Waals surface area contributed by atoms with Gasteiger partial charge in [0.25, 0.3) is 0 Å². The highest BCUT2D eigenvalue weighted by Crippen LogP contribution is 2.19. The summed E-state index contributed by atoms with van der Waals surface area (Å²) in [4.78, 5) is 13.5. The van der Waals surface area contributed by atoms with Crippen LogP contribution in [0.1, 0.15) is 18.3 Å². The van der Waals surface area contributed by atoms with Gasteiger partial charge in [-0.1, -0.05) is 6.92 Å². The summed E-state index contributed by atoms with van der Waals surface area (Å²) in [5, 5.41) is 4.41. The van der Waals surface area contributed by atoms with Crippen LogP contribution < -0.4 is 10.2 Å². The predicted octanol–water partition coefficient (Wildman–Crippen LogP) is 1.59. The van der Waals surface area contributed by atoms with Crippen LogP contribution in [0.3, 0.4) is 0 Å². The van der Waals surface area contributed by atoms with Crippen LogP contribution >= 0.6 is 11.5 Å². The summed E-state index contributed by atoms with van der Waals surface area (Å²) in [6, 6.07) is 1.96. The first-order chi connectivity index (χ1) is 11.3. The Labute approximate surface area is 140 Å². The molecule has 0 spiro atoms. The van der Waals surface area contributed by atoms with Gasteiger partial charge in [0.1, 0.15) is 5.82 Å². The minimum atomic E-state index is 0.722. The molecule has 0 aliphatic carbocycles. The quantitative estimate of drug-likeness (QED) is 0.676. The molecule has 3 heterocycles. The molecule has 0 radical (unpaired) electrons. The lowest BCUT2D eigenvalue weighted by atomic mass is 10.3. The molecular formula is C15H22N6OS. The summed E-state index contributed by atoms with van der Waals surface area (Å²) >= 11 is 1.49. The maximum Gasteiger partial charge on any atom is 0.205 e. The Kier molecular flexibility index (Phi) is 5.12. The predicted molar refractivity (Wildman–Crippen MR) is 92.0 cm³/mol. The van der Waals surface area contributed by atoms with Crippen molar-refractivity contribution in [3.63, 3.8) is 0 Å². The van der Waals surface area contributed by atoms with Gasteiger partial charge in [0.05, 0.1) is 12.5 Å². The fourth-order valence-corrected chi connectivity index (χ4v) is 3.33. The van der Waals surface area contributed by atoms with Crippen molar-refractivity contribution in [3.05, 3.63) is 30.0 Å². The van der Waals surface area contributed by atoms with Crippen molar-refractivity contribution in [3.8, 4) is 0 Å². The number of hydrogen-bond acceptors (Lipinski definition) is 6. The maximum atomic E-state index is 5.09. The van der Waals surface area contributed by atoms with E-state index in [2.05, 4.69) is 36.4 Å². The standard InChI is InChI=1S/C15H22N6OS/c1-3-13-18-15(23-19-13)21-7-5-20(6-8-21)14(16-2)17-10-12-4-9-22-11-12/h4,9,11H,3,5-8,10H2,1-2H3,(H,16,17). The topological polar surface area (TPSA) is 69.8 Å². The Morgan fingerprint density at radius 3 is 2.83 bits per heavy atom. The van der Waals surface area contributed by atoms with Crippen molar-refractivity contribution in [2.75, 3.05) is 38.1 Å². The van der Waals surface area contributed by atoms with Crippen molar-refractivity contribution in [1.29, 1.82) is 0 Å². The molecular weight excluding hydrogens is 312 g/mol. The SMILES string of the molecule is CCc1nsc(N2CCN(C(=NC)NCc3ccoc3)CC2)n1. The van der Waals surface area contributed by atoms with E-state index < -0.39 is 0 Å². The van der Waals surface area contributed by atoms with Crippen molar-refractivity contribution in [1.82, 2.24) is 19.6 Å². The molecule has 124 valence electrons. The number of furan rings is 1. The lowest BCUT2D eigenvalue weighted by Crippen LogP contribution is -2.52. The summed E-state index contributed by atoms with van der Waals surface area (Å²) in [6.07, 6.45) is 4.32. The van der Waals surface area contributed by atoms with E-state index in [0.29, 0.717) is 0 Å². The molecule has 7 nitrogen and oxygen atoms in total. The molecule has 0 atom stereocenters. The van der Waals surface area contributed by atoms with Crippen molar-refractivity contribution in [2.45, 2.75) is 19.9 Å². The third kappa shape index (κ3) is 3.82. The smallest absolute Gasteiger partial charge is 0.205 e. The van der Waals surface area contributed by atoms with Gasteiger partial charge in [0, 0.05) is 63.3 Å². The molecule has 23 heavy (non-hydrogen) atoms. The van der Waals surface area contributed by atoms with E-state index in [1.165, 1.54) is 11.5 Å². The summed E-state index contributed by atoms with van der Waals surface area (Å²) < 4.78 is 9.46. The normalized spacial score (nSPS) is 16.0. The molecule has 0 saturated carbocycles. The van der Waals surface area contributed by atoms with Crippen LogP contribution in [0.25, 0.3) is 0 Å². The molecule has 1 aliphatic rings. The molecule has 1 fully saturated rings. The molecule has 0 bridgehead atoms. The largest absolute Gasteiger partial charge is 0.472 e. The monoisotopic (exact) mass is 334 g/mol. The fourth-order valence-electron chi connectivity index (χ4n) is 2.53. The van der Waals surface area contributed by atoms with Crippen LogP contribution in [-0.2, 0) is 13.0 Å². The van der Waals surface area contributed by atoms with E-state index in [1.54, 1.807) is 12.5 Å². The van der Waals surface area contributed by atoms with Crippen molar-refractivity contribution >= 4 is 22.6 Å². The third-order valence-corrected chi connectivity index (χ3v) is 4.68. The second kappa shape index (κ2) is 7.45. The van der Waals surface area contributed by atoms with Gasteiger partial charge in [-0.15, -0.1) is 0 Å². The zero-order valence-corrected chi connectivity index (χ0v) is 14.3. The number of nitrogens with one attached hydrogen (secondary N) is 1. The van der Waals surface area contributed by atoms with E-state index in [0.717, 1.165) is 61.6 Å². The van der Waals surface area contributed by atoms with Crippen LogP contribution in [0.4, 0.5) is 5.13 Å². The van der Waals surface area contributed by atoms with E-state index in [-0.39, 0.29) is 0 Å². The van der Waals surface area contributed by atoms with E-state index >= 15 is 0 Å². The minimum Gasteiger partial charge on any atom is -0.472 e. The van der Waals surface area contributed by atoms with Gasteiger partial charge in [-0.05, 0) is 6.07 Å². The average Bonchev–Trinajstić information content (AvgIpc) is 3.27. The van der Waals surface area contributed by atoms with Crippen LogP contribution in [0.2, 0.25) is 0 Å². The summed E-state index contributed by atoms with van der Waals surface area (Å²) in [5.74, 6) is 1.86. The number of rotatable bonds is 4. The van der Waals surface area contributed by atoms with Crippen LogP contribution in [0, 0.1) is 0 Å². The number of aliphatic imine (C=N–C) groups is 1. The van der Waals surface area contributed by atoms with Gasteiger partial charge in [-0.25, -0.2) is 4.98 Å². The van der Waals surface area contributed by atoms with Crippen LogP contribution in [0.5, 0.6) is 0 Å². The first-order valence-corrected chi connectivity index (χ1v) is 8.61. The lowest BCUT2D eigenvalue weighted by molar-refractivity contribution is 0.372. The molecule has 0 amide bonds. The number of aromatic nitrogens is 2. The second-order valence-electron chi connectivity index (χ2n) is 5.35. The minimum absolute atomic E-state index is 0.722. The third-order valence-electron chi connectivity index (χ3n) is 3.87. The van der Waals surface area contributed by atoms with E-state index in [1.807, 2.05) is 13.1 Å². The highest BCUT2D eigenvalue weighted by molar-refractivity contribution is 7.09. The van der Waals surface area contributed by atoms with Crippen molar-refractivity contribution in [2.24, 2.45) is 4.99 Å². The summed E-state index contributed by atoms with van der Waals surface area (Å²) in [6.45, 7) is 6.52. The molecule has 1 saturated heterocycles. The number of anilines is 1. The lowest BCUT2D eigenvalue weighted by Gasteiger charge is -2.36. The molecule has 0 unspecified atom stereocenters. The number of aryl methyl sites for hydroxylation is 1. The Hall–Kier alpha value is -2.09. The molecule has 1 N–H and O–H groups in total. The Morgan fingerprint density at radius 1 is 1.39 bits per heavy atom. The molecule has 8 heteroatoms. The first-order valence-electron chi connectivity index (χ1n) is 7.84. The zero-order chi connectivity index (χ0) is 16.1. The molecule has 2 aromatic rings. The molecule has 2 aromatic heterocycles. The highest BCUT2D eigenvalue weighted by atomic mass is 32.1. The maximum absolute atomic E-state index is 5.09. The van der Waals surface area contributed by atoms with Crippen LogP contribution in [0.15, 0.2) is 28.0 Å². The summed E-state index contributed by atoms with van der Waals surface area (Å²) in [7, 11) is 1.82. The van der Waals surface area contributed by atoms with Crippen molar-refractivity contribution < 1.29 is 4.42 Å².